The van der Waals surface area contributed by atoms with Crippen LogP contribution in [0.25, 0.3) is 11.3 Å². The zero-order chi connectivity index (χ0) is 13.3. The van der Waals surface area contributed by atoms with E-state index in [1.54, 1.807) is 6.20 Å². The predicted molar refractivity (Wildman–Crippen MR) is 74.2 cm³/mol. The van der Waals surface area contributed by atoms with E-state index in [4.69, 9.17) is 5.73 Å². The van der Waals surface area contributed by atoms with Gasteiger partial charge in [0.15, 0.2) is 0 Å². The summed E-state index contributed by atoms with van der Waals surface area (Å²) in [5.74, 6) is 0.667. The lowest BCUT2D eigenvalue weighted by Crippen LogP contribution is -2.31. The third-order valence-corrected chi connectivity index (χ3v) is 2.89. The number of rotatable bonds is 2. The highest BCUT2D eigenvalue weighted by molar-refractivity contribution is 5.63. The Bertz CT molecular complexity index is 568. The van der Waals surface area contributed by atoms with Crippen LogP contribution in [0.2, 0.25) is 0 Å². The van der Waals surface area contributed by atoms with Crippen LogP contribution < -0.4 is 5.73 Å². The predicted octanol–water partition coefficient (Wildman–Crippen LogP) is 2.95. The second-order valence-corrected chi connectivity index (χ2v) is 5.31. The van der Waals surface area contributed by atoms with Crippen molar-refractivity contribution in [3.05, 3.63) is 47.4 Å². The van der Waals surface area contributed by atoms with Crippen molar-refractivity contribution in [2.75, 3.05) is 0 Å². The highest BCUT2D eigenvalue weighted by Crippen LogP contribution is 2.23. The zero-order valence-corrected chi connectivity index (χ0v) is 11.4. The summed E-state index contributed by atoms with van der Waals surface area (Å²) in [4.78, 5) is 8.82. The maximum Gasteiger partial charge on any atom is 0.148 e. The summed E-state index contributed by atoms with van der Waals surface area (Å²) in [7, 11) is 0. The number of aryl methyl sites for hydroxylation is 2. The molecule has 1 heterocycles. The standard InChI is InChI=1S/C15H19N3/c1-10-5-6-12(11(2)9-10)13-7-8-17-14(18-13)15(3,4)16/h5-9H,16H2,1-4H3. The van der Waals surface area contributed by atoms with Crippen molar-refractivity contribution in [3.63, 3.8) is 0 Å². The summed E-state index contributed by atoms with van der Waals surface area (Å²) in [5.41, 5.74) is 10.1. The first-order valence-corrected chi connectivity index (χ1v) is 6.08. The topological polar surface area (TPSA) is 51.8 Å². The molecule has 0 spiro atoms. The van der Waals surface area contributed by atoms with E-state index >= 15 is 0 Å². The molecule has 0 aliphatic rings. The molecule has 94 valence electrons. The second-order valence-electron chi connectivity index (χ2n) is 5.31. The van der Waals surface area contributed by atoms with Gasteiger partial charge in [-0.15, -0.1) is 0 Å². The Balaban J connectivity index is 2.51. The summed E-state index contributed by atoms with van der Waals surface area (Å²) in [5, 5.41) is 0. The fourth-order valence-corrected chi connectivity index (χ4v) is 1.92. The minimum Gasteiger partial charge on any atom is -0.319 e. The van der Waals surface area contributed by atoms with Crippen molar-refractivity contribution < 1.29 is 0 Å². The summed E-state index contributed by atoms with van der Waals surface area (Å²) in [6.45, 7) is 8.01. The van der Waals surface area contributed by atoms with Crippen LogP contribution in [0.5, 0.6) is 0 Å². The molecule has 0 unspecified atom stereocenters. The van der Waals surface area contributed by atoms with Crippen LogP contribution in [0.1, 0.15) is 30.8 Å². The van der Waals surface area contributed by atoms with Gasteiger partial charge in [-0.1, -0.05) is 23.8 Å². The Morgan fingerprint density at radius 2 is 1.83 bits per heavy atom. The molecule has 0 aliphatic carbocycles. The lowest BCUT2D eigenvalue weighted by Gasteiger charge is -2.17. The summed E-state index contributed by atoms with van der Waals surface area (Å²) in [6.07, 6.45) is 1.77. The number of benzene rings is 1. The minimum atomic E-state index is -0.519. The molecule has 0 atom stereocenters. The summed E-state index contributed by atoms with van der Waals surface area (Å²) >= 11 is 0. The monoisotopic (exact) mass is 241 g/mol. The molecule has 0 saturated carbocycles. The molecule has 3 nitrogen and oxygen atoms in total. The first-order valence-electron chi connectivity index (χ1n) is 6.08. The van der Waals surface area contributed by atoms with E-state index in [9.17, 15) is 0 Å². The maximum atomic E-state index is 6.04. The first kappa shape index (κ1) is 12.7. The molecule has 1 aromatic heterocycles. The highest BCUT2D eigenvalue weighted by atomic mass is 14.9. The van der Waals surface area contributed by atoms with Crippen molar-refractivity contribution in [2.45, 2.75) is 33.2 Å². The van der Waals surface area contributed by atoms with Gasteiger partial charge in [0.1, 0.15) is 5.82 Å². The molecule has 3 heteroatoms. The maximum absolute atomic E-state index is 6.04. The minimum absolute atomic E-state index is 0.519. The fraction of sp³-hybridized carbons (Fsp3) is 0.333. The molecule has 0 amide bonds. The van der Waals surface area contributed by atoms with Crippen LogP contribution >= 0.6 is 0 Å². The molecule has 0 saturated heterocycles. The molecule has 0 fully saturated rings. The lowest BCUT2D eigenvalue weighted by molar-refractivity contribution is 0.514. The van der Waals surface area contributed by atoms with Crippen LogP contribution in [0.4, 0.5) is 0 Å². The average molecular weight is 241 g/mol. The van der Waals surface area contributed by atoms with Gasteiger partial charge in [-0.3, -0.25) is 0 Å². The van der Waals surface area contributed by atoms with Crippen LogP contribution in [0.15, 0.2) is 30.5 Å². The summed E-state index contributed by atoms with van der Waals surface area (Å²) in [6, 6.07) is 8.27. The highest BCUT2D eigenvalue weighted by Gasteiger charge is 2.18. The lowest BCUT2D eigenvalue weighted by atomic mass is 10.0. The van der Waals surface area contributed by atoms with Crippen LogP contribution in [0.3, 0.4) is 0 Å². The fourth-order valence-electron chi connectivity index (χ4n) is 1.92. The van der Waals surface area contributed by atoms with Gasteiger partial charge in [0.05, 0.1) is 11.2 Å². The number of aromatic nitrogens is 2. The Morgan fingerprint density at radius 1 is 1.11 bits per heavy atom. The quantitative estimate of drug-likeness (QED) is 0.879. The van der Waals surface area contributed by atoms with E-state index in [1.807, 2.05) is 19.9 Å². The number of nitrogens with two attached hydrogens (primary N) is 1. The zero-order valence-electron chi connectivity index (χ0n) is 11.4. The van der Waals surface area contributed by atoms with E-state index in [-0.39, 0.29) is 0 Å². The van der Waals surface area contributed by atoms with Gasteiger partial charge in [-0.05, 0) is 39.3 Å². The largest absolute Gasteiger partial charge is 0.319 e. The van der Waals surface area contributed by atoms with Crippen molar-refractivity contribution in [1.82, 2.24) is 9.97 Å². The Labute approximate surface area is 108 Å². The van der Waals surface area contributed by atoms with Crippen molar-refractivity contribution in [1.29, 1.82) is 0 Å². The van der Waals surface area contributed by atoms with Gasteiger partial charge in [0.25, 0.3) is 0 Å². The Morgan fingerprint density at radius 3 is 2.44 bits per heavy atom. The number of nitrogens with zero attached hydrogens (tertiary/aromatic N) is 2. The average Bonchev–Trinajstić information content (AvgIpc) is 2.28. The Hall–Kier alpha value is -1.74. The van der Waals surface area contributed by atoms with E-state index in [2.05, 4.69) is 42.0 Å². The van der Waals surface area contributed by atoms with Crippen LogP contribution in [-0.2, 0) is 5.54 Å². The van der Waals surface area contributed by atoms with Gasteiger partial charge < -0.3 is 5.73 Å². The number of hydrogen-bond donors (Lipinski definition) is 1. The molecule has 2 aromatic rings. The first-order chi connectivity index (χ1) is 8.38. The number of hydrogen-bond acceptors (Lipinski definition) is 3. The van der Waals surface area contributed by atoms with Crippen molar-refractivity contribution >= 4 is 0 Å². The second kappa shape index (κ2) is 4.50. The molecule has 0 radical (unpaired) electrons. The molecule has 18 heavy (non-hydrogen) atoms. The Kier molecular flexibility index (Phi) is 3.18. The van der Waals surface area contributed by atoms with Crippen LogP contribution in [-0.4, -0.2) is 9.97 Å². The summed E-state index contributed by atoms with van der Waals surface area (Å²) < 4.78 is 0. The smallest absolute Gasteiger partial charge is 0.148 e. The van der Waals surface area contributed by atoms with E-state index in [0.717, 1.165) is 11.3 Å². The van der Waals surface area contributed by atoms with E-state index < -0.39 is 5.54 Å². The molecule has 0 aliphatic heterocycles. The SMILES string of the molecule is Cc1ccc(-c2ccnc(C(C)(C)N)n2)c(C)c1. The van der Waals surface area contributed by atoms with E-state index in [1.165, 1.54) is 11.1 Å². The molecule has 0 bridgehead atoms. The molecule has 1 aromatic carbocycles. The molecule has 2 rings (SSSR count). The molecule has 2 N–H and O–H groups in total. The van der Waals surface area contributed by atoms with Gasteiger partial charge >= 0.3 is 0 Å². The van der Waals surface area contributed by atoms with E-state index in [0.29, 0.717) is 5.82 Å². The van der Waals surface area contributed by atoms with Gasteiger partial charge in [0.2, 0.25) is 0 Å². The van der Waals surface area contributed by atoms with Crippen LogP contribution in [0, 0.1) is 13.8 Å². The molecular weight excluding hydrogens is 222 g/mol. The normalized spacial score (nSPS) is 11.6. The van der Waals surface area contributed by atoms with Crippen molar-refractivity contribution in [3.8, 4) is 11.3 Å². The van der Waals surface area contributed by atoms with Crippen molar-refractivity contribution in [2.24, 2.45) is 5.73 Å². The van der Waals surface area contributed by atoms with Gasteiger partial charge in [-0.25, -0.2) is 9.97 Å². The molecular formula is C15H19N3. The third-order valence-electron chi connectivity index (χ3n) is 2.89. The third kappa shape index (κ3) is 2.57. The van der Waals surface area contributed by atoms with Gasteiger partial charge in [0, 0.05) is 11.8 Å². The van der Waals surface area contributed by atoms with Gasteiger partial charge in [-0.2, -0.15) is 0 Å².